The van der Waals surface area contributed by atoms with E-state index in [0.29, 0.717) is 0 Å². The molecule has 190 valence electrons. The third kappa shape index (κ3) is 18.7. The Bertz CT molecular complexity index is 715. The van der Waals surface area contributed by atoms with Gasteiger partial charge in [0.25, 0.3) is 0 Å². The van der Waals surface area contributed by atoms with Gasteiger partial charge in [-0.25, -0.2) is 0 Å². The van der Waals surface area contributed by atoms with Crippen LogP contribution in [0.15, 0.2) is 109 Å². The van der Waals surface area contributed by atoms with E-state index in [9.17, 15) is 0 Å². The fraction of sp³-hybridized carbons (Fsp3) is 0.353. The van der Waals surface area contributed by atoms with Crippen molar-refractivity contribution in [2.45, 2.75) is 83.1 Å². The monoisotopic (exact) mass is 462 g/mol. The van der Waals surface area contributed by atoms with E-state index in [2.05, 4.69) is 97.1 Å². The van der Waals surface area contributed by atoms with Crippen molar-refractivity contribution in [2.75, 3.05) is 0 Å². The van der Waals surface area contributed by atoms with E-state index in [0.717, 1.165) is 0 Å². The van der Waals surface area contributed by atoms with Gasteiger partial charge in [-0.3, -0.25) is 0 Å². The first-order chi connectivity index (χ1) is 16.9. The maximum Gasteiger partial charge on any atom is -0.0184 e. The van der Waals surface area contributed by atoms with Gasteiger partial charge in [0, 0.05) is 0 Å². The molecule has 0 spiro atoms. The lowest BCUT2D eigenvalue weighted by Gasteiger charge is -1.98. The Kier molecular flexibility index (Phi) is 39.2. The summed E-state index contributed by atoms with van der Waals surface area (Å²) in [7, 11) is 0. The molecule has 0 atom stereocenters. The molecule has 0 N–H and O–H groups in total. The van der Waals surface area contributed by atoms with Gasteiger partial charge < -0.3 is 0 Å². The van der Waals surface area contributed by atoms with Gasteiger partial charge in [0.05, 0.1) is 0 Å². The van der Waals surface area contributed by atoms with Crippen molar-refractivity contribution in [3.63, 3.8) is 0 Å². The Hall–Kier alpha value is -2.86. The molecule has 0 bridgehead atoms. The Balaban J connectivity index is -0.000000186. The smallest absolute Gasteiger partial charge is 0.0184 e. The molecule has 0 aromatic heterocycles. The minimum absolute atomic E-state index is 1.28. The summed E-state index contributed by atoms with van der Waals surface area (Å²) in [5.41, 5.74) is 2.55. The van der Waals surface area contributed by atoms with Crippen LogP contribution in [-0.4, -0.2) is 0 Å². The number of rotatable bonds is 1. The minimum Gasteiger partial charge on any atom is -0.0683 e. The highest BCUT2D eigenvalue weighted by Crippen LogP contribution is 2.17. The molecular weight excluding hydrogens is 408 g/mol. The maximum absolute atomic E-state index is 2.12. The summed E-state index contributed by atoms with van der Waals surface area (Å²) in [6.45, 7) is 24.0. The zero-order valence-corrected chi connectivity index (χ0v) is 24.4. The highest BCUT2D eigenvalue weighted by Gasteiger charge is 1.91. The first-order valence-electron chi connectivity index (χ1n) is 13.5. The SMILES string of the molecule is CC.CC.CC.CC.CC.CC.c1ccc(-c2ccccc2)cc1.c1ccc2ccccc2c1. The number of hydrogen-bond donors (Lipinski definition) is 0. The summed E-state index contributed by atoms with van der Waals surface area (Å²) in [5, 5.41) is 2.62. The predicted molar refractivity (Wildman–Crippen MR) is 164 cm³/mol. The molecule has 34 heavy (non-hydrogen) atoms. The van der Waals surface area contributed by atoms with Crippen molar-refractivity contribution in [1.29, 1.82) is 0 Å². The predicted octanol–water partition coefficient (Wildman–Crippen LogP) is 12.4. The quantitative estimate of drug-likeness (QED) is 0.264. The second kappa shape index (κ2) is 34.7. The van der Waals surface area contributed by atoms with E-state index in [1.54, 1.807) is 0 Å². The Morgan fingerprint density at radius 1 is 0.235 bits per heavy atom. The first-order valence-corrected chi connectivity index (χ1v) is 13.5. The summed E-state index contributed by atoms with van der Waals surface area (Å²) < 4.78 is 0. The van der Waals surface area contributed by atoms with Gasteiger partial charge in [0.15, 0.2) is 0 Å². The molecule has 4 rings (SSSR count). The molecule has 0 amide bonds. The summed E-state index contributed by atoms with van der Waals surface area (Å²) in [6, 6.07) is 37.5. The Morgan fingerprint density at radius 3 is 0.618 bits per heavy atom. The van der Waals surface area contributed by atoms with Crippen molar-refractivity contribution >= 4 is 10.8 Å². The summed E-state index contributed by atoms with van der Waals surface area (Å²) in [6.07, 6.45) is 0. The van der Waals surface area contributed by atoms with E-state index in [1.807, 2.05) is 95.2 Å². The molecular formula is C34H54. The van der Waals surface area contributed by atoms with E-state index < -0.39 is 0 Å². The van der Waals surface area contributed by atoms with Crippen LogP contribution >= 0.6 is 0 Å². The van der Waals surface area contributed by atoms with Crippen LogP contribution in [0.4, 0.5) is 0 Å². The van der Waals surface area contributed by atoms with E-state index >= 15 is 0 Å². The van der Waals surface area contributed by atoms with Crippen LogP contribution in [0, 0.1) is 0 Å². The molecule has 0 saturated heterocycles. The normalized spacial score (nSPS) is 7.41. The van der Waals surface area contributed by atoms with Gasteiger partial charge >= 0.3 is 0 Å². The molecule has 0 nitrogen and oxygen atoms in total. The number of fused-ring (bicyclic) bond motifs is 1. The van der Waals surface area contributed by atoms with Crippen LogP contribution in [0.25, 0.3) is 21.9 Å². The standard InChI is InChI=1S/C12H10.C10H8.6C2H6/c1-3-7-11(8-4-1)12-9-5-2-6-10-12;1-2-6-10-8-4-3-7-9(10)5-1;6*1-2/h1-10H;1-8H;6*1-2H3. The zero-order chi connectivity index (χ0) is 27.0. The first kappa shape index (κ1) is 38.4. The zero-order valence-electron chi connectivity index (χ0n) is 24.4. The van der Waals surface area contributed by atoms with E-state index in [-0.39, 0.29) is 0 Å². The molecule has 4 aromatic rings. The van der Waals surface area contributed by atoms with Crippen molar-refractivity contribution < 1.29 is 0 Å². The third-order valence-electron chi connectivity index (χ3n) is 3.54. The Morgan fingerprint density at radius 2 is 0.412 bits per heavy atom. The molecule has 0 saturated carbocycles. The molecule has 0 radical (unpaired) electrons. The van der Waals surface area contributed by atoms with E-state index in [1.165, 1.54) is 21.9 Å². The highest BCUT2D eigenvalue weighted by atomic mass is 14.0. The fourth-order valence-corrected chi connectivity index (χ4v) is 2.39. The molecule has 0 unspecified atom stereocenters. The minimum atomic E-state index is 1.28. The van der Waals surface area contributed by atoms with Crippen LogP contribution in [0.5, 0.6) is 0 Å². The summed E-state index contributed by atoms with van der Waals surface area (Å²) in [5.74, 6) is 0. The van der Waals surface area contributed by atoms with Crippen molar-refractivity contribution in [1.82, 2.24) is 0 Å². The van der Waals surface area contributed by atoms with Crippen LogP contribution in [0.2, 0.25) is 0 Å². The molecule has 0 aliphatic rings. The maximum atomic E-state index is 2.12. The van der Waals surface area contributed by atoms with Crippen molar-refractivity contribution in [3.05, 3.63) is 109 Å². The highest BCUT2D eigenvalue weighted by molar-refractivity contribution is 5.82. The lowest BCUT2D eigenvalue weighted by atomic mass is 10.1. The second-order valence-electron chi connectivity index (χ2n) is 5.08. The molecule has 0 aliphatic carbocycles. The van der Waals surface area contributed by atoms with Crippen molar-refractivity contribution in [2.24, 2.45) is 0 Å². The molecule has 4 aromatic carbocycles. The molecule has 0 heterocycles. The molecule has 0 fully saturated rings. The number of hydrogen-bond acceptors (Lipinski definition) is 0. The van der Waals surface area contributed by atoms with Gasteiger partial charge in [-0.05, 0) is 21.9 Å². The Labute approximate surface area is 214 Å². The largest absolute Gasteiger partial charge is 0.0683 e. The summed E-state index contributed by atoms with van der Waals surface area (Å²) >= 11 is 0. The second-order valence-corrected chi connectivity index (χ2v) is 5.08. The summed E-state index contributed by atoms with van der Waals surface area (Å²) in [4.78, 5) is 0. The van der Waals surface area contributed by atoms with Gasteiger partial charge in [-0.2, -0.15) is 0 Å². The van der Waals surface area contributed by atoms with E-state index in [4.69, 9.17) is 0 Å². The van der Waals surface area contributed by atoms with Crippen LogP contribution in [0.1, 0.15) is 83.1 Å². The van der Waals surface area contributed by atoms with Crippen LogP contribution in [0.3, 0.4) is 0 Å². The number of benzene rings is 4. The molecule has 0 heteroatoms. The van der Waals surface area contributed by atoms with Gasteiger partial charge in [0.2, 0.25) is 0 Å². The lowest BCUT2D eigenvalue weighted by molar-refractivity contribution is 1.50. The van der Waals surface area contributed by atoms with Crippen LogP contribution < -0.4 is 0 Å². The lowest BCUT2D eigenvalue weighted by Crippen LogP contribution is -1.73. The topological polar surface area (TPSA) is 0 Å². The average molecular weight is 463 g/mol. The van der Waals surface area contributed by atoms with Crippen molar-refractivity contribution in [3.8, 4) is 11.1 Å². The van der Waals surface area contributed by atoms with Crippen LogP contribution in [-0.2, 0) is 0 Å². The average Bonchev–Trinajstić information content (AvgIpc) is 3.01. The fourth-order valence-electron chi connectivity index (χ4n) is 2.39. The third-order valence-corrected chi connectivity index (χ3v) is 3.54. The van der Waals surface area contributed by atoms with Gasteiger partial charge in [-0.1, -0.05) is 192 Å². The van der Waals surface area contributed by atoms with Gasteiger partial charge in [-0.15, -0.1) is 0 Å². The van der Waals surface area contributed by atoms with Gasteiger partial charge in [0.1, 0.15) is 0 Å². The molecule has 0 aliphatic heterocycles.